The Kier molecular flexibility index (Phi) is 5.64. The molecule has 0 N–H and O–H groups in total. The topological polar surface area (TPSA) is 29.5 Å². The number of hydrogen-bond donors (Lipinski definition) is 0. The molecule has 24 heavy (non-hydrogen) atoms. The van der Waals surface area contributed by atoms with Crippen LogP contribution in [-0.2, 0) is 6.61 Å². The van der Waals surface area contributed by atoms with E-state index in [1.54, 1.807) is 18.2 Å². The molecule has 0 spiro atoms. The van der Waals surface area contributed by atoms with Gasteiger partial charge in [-0.2, -0.15) is 0 Å². The monoisotopic (exact) mass is 363 g/mol. The predicted octanol–water partition coefficient (Wildman–Crippen LogP) is 5.20. The molecule has 0 radical (unpaired) electrons. The number of ether oxygens (including phenoxy) is 1. The summed E-state index contributed by atoms with van der Waals surface area (Å²) in [6.45, 7) is 2.05. The van der Waals surface area contributed by atoms with Crippen molar-refractivity contribution in [1.82, 2.24) is 4.90 Å². The first-order chi connectivity index (χ1) is 11.6. The van der Waals surface area contributed by atoms with E-state index in [2.05, 4.69) is 0 Å². The van der Waals surface area contributed by atoms with Crippen molar-refractivity contribution in [3.05, 3.63) is 63.6 Å². The lowest BCUT2D eigenvalue weighted by atomic mass is 10.1. The molecule has 1 fully saturated rings. The second-order valence-electron chi connectivity index (χ2n) is 5.92. The number of carbonyl (C=O) groups is 1. The number of rotatable bonds is 4. The Morgan fingerprint density at radius 2 is 1.79 bits per heavy atom. The summed E-state index contributed by atoms with van der Waals surface area (Å²) in [6.07, 6.45) is 3.37. The molecule has 5 heteroatoms. The zero-order chi connectivity index (χ0) is 16.9. The van der Waals surface area contributed by atoms with Crippen molar-refractivity contribution in [3.63, 3.8) is 0 Å². The fraction of sp³-hybridized carbons (Fsp3) is 0.316. The number of amides is 1. The zero-order valence-electron chi connectivity index (χ0n) is 13.3. The Hall–Kier alpha value is -1.71. The van der Waals surface area contributed by atoms with E-state index in [0.29, 0.717) is 28.0 Å². The molecule has 1 amide bonds. The molecule has 2 aromatic carbocycles. The summed E-state index contributed by atoms with van der Waals surface area (Å²) >= 11 is 11.9. The van der Waals surface area contributed by atoms with Gasteiger partial charge in [-0.1, -0.05) is 35.3 Å². The van der Waals surface area contributed by atoms with Gasteiger partial charge in [0.05, 0.1) is 10.0 Å². The molecular formula is C19H19Cl2NO2. The number of piperidine rings is 1. The standard InChI is InChI=1S/C19H19Cl2NO2/c20-17-8-7-14(11-18(17)21)13-24-16-6-4-5-15(12-16)19(23)22-9-2-1-3-10-22/h4-8,11-12H,1-3,9-10,13H2. The molecule has 0 unspecified atom stereocenters. The van der Waals surface area contributed by atoms with E-state index in [1.165, 1.54) is 6.42 Å². The molecule has 126 valence electrons. The van der Waals surface area contributed by atoms with Crippen LogP contribution in [0.1, 0.15) is 35.2 Å². The van der Waals surface area contributed by atoms with Crippen molar-refractivity contribution >= 4 is 29.1 Å². The van der Waals surface area contributed by atoms with Crippen LogP contribution in [0.25, 0.3) is 0 Å². The van der Waals surface area contributed by atoms with Gasteiger partial charge in [-0.05, 0) is 55.2 Å². The number of likely N-dealkylation sites (tertiary alicyclic amines) is 1. The van der Waals surface area contributed by atoms with Crippen molar-refractivity contribution in [2.75, 3.05) is 13.1 Å². The third-order valence-electron chi connectivity index (χ3n) is 4.11. The first-order valence-corrected chi connectivity index (χ1v) is 8.85. The van der Waals surface area contributed by atoms with Crippen LogP contribution in [0.5, 0.6) is 5.75 Å². The molecule has 0 atom stereocenters. The second-order valence-corrected chi connectivity index (χ2v) is 6.73. The number of halogens is 2. The molecule has 1 aliphatic rings. The van der Waals surface area contributed by atoms with Gasteiger partial charge < -0.3 is 9.64 Å². The average molecular weight is 364 g/mol. The van der Waals surface area contributed by atoms with E-state index >= 15 is 0 Å². The average Bonchev–Trinajstić information content (AvgIpc) is 2.63. The molecule has 0 aliphatic carbocycles. The highest BCUT2D eigenvalue weighted by atomic mass is 35.5. The lowest BCUT2D eigenvalue weighted by Crippen LogP contribution is -2.35. The van der Waals surface area contributed by atoms with Crippen LogP contribution in [0.2, 0.25) is 10.0 Å². The molecule has 1 saturated heterocycles. The predicted molar refractivity (Wildman–Crippen MR) is 97.0 cm³/mol. The number of carbonyl (C=O) groups excluding carboxylic acids is 1. The van der Waals surface area contributed by atoms with Gasteiger partial charge in [-0.15, -0.1) is 0 Å². The Morgan fingerprint density at radius 3 is 2.54 bits per heavy atom. The summed E-state index contributed by atoms with van der Waals surface area (Å²) in [7, 11) is 0. The van der Waals surface area contributed by atoms with Gasteiger partial charge in [0.2, 0.25) is 0 Å². The van der Waals surface area contributed by atoms with E-state index < -0.39 is 0 Å². The van der Waals surface area contributed by atoms with E-state index in [9.17, 15) is 4.79 Å². The Morgan fingerprint density at radius 1 is 1.00 bits per heavy atom. The van der Waals surface area contributed by atoms with Gasteiger partial charge in [0, 0.05) is 18.7 Å². The van der Waals surface area contributed by atoms with Gasteiger partial charge in [0.15, 0.2) is 0 Å². The first-order valence-electron chi connectivity index (χ1n) is 8.09. The van der Waals surface area contributed by atoms with E-state index in [-0.39, 0.29) is 5.91 Å². The SMILES string of the molecule is O=C(c1cccc(OCc2ccc(Cl)c(Cl)c2)c1)N1CCCCC1. The number of nitrogens with zero attached hydrogens (tertiary/aromatic N) is 1. The van der Waals surface area contributed by atoms with Crippen molar-refractivity contribution < 1.29 is 9.53 Å². The minimum Gasteiger partial charge on any atom is -0.489 e. The molecule has 3 rings (SSSR count). The molecule has 2 aromatic rings. The van der Waals surface area contributed by atoms with E-state index in [1.807, 2.05) is 29.2 Å². The van der Waals surface area contributed by atoms with E-state index in [4.69, 9.17) is 27.9 Å². The highest BCUT2D eigenvalue weighted by molar-refractivity contribution is 6.42. The Labute approximate surface area is 152 Å². The van der Waals surface area contributed by atoms with Gasteiger partial charge in [0.25, 0.3) is 5.91 Å². The van der Waals surface area contributed by atoms with Gasteiger partial charge in [-0.25, -0.2) is 0 Å². The van der Waals surface area contributed by atoms with Crippen LogP contribution in [0.15, 0.2) is 42.5 Å². The van der Waals surface area contributed by atoms with Crippen LogP contribution in [0.3, 0.4) is 0 Å². The molecule has 1 heterocycles. The highest BCUT2D eigenvalue weighted by Gasteiger charge is 2.18. The summed E-state index contributed by atoms with van der Waals surface area (Å²) in [5, 5.41) is 1.03. The van der Waals surface area contributed by atoms with Gasteiger partial charge in [0.1, 0.15) is 12.4 Å². The lowest BCUT2D eigenvalue weighted by Gasteiger charge is -2.26. The third-order valence-corrected chi connectivity index (χ3v) is 4.85. The van der Waals surface area contributed by atoms with E-state index in [0.717, 1.165) is 31.5 Å². The minimum absolute atomic E-state index is 0.0784. The normalized spacial score (nSPS) is 14.5. The molecule has 1 aliphatic heterocycles. The Bertz CT molecular complexity index is 727. The summed E-state index contributed by atoms with van der Waals surface area (Å²) in [4.78, 5) is 14.5. The molecule has 0 aromatic heterocycles. The fourth-order valence-electron chi connectivity index (χ4n) is 2.79. The summed E-state index contributed by atoms with van der Waals surface area (Å²) < 4.78 is 5.79. The maximum absolute atomic E-state index is 12.5. The molecule has 0 saturated carbocycles. The summed E-state index contributed by atoms with van der Waals surface area (Å²) in [5.41, 5.74) is 1.60. The fourth-order valence-corrected chi connectivity index (χ4v) is 3.12. The quantitative estimate of drug-likeness (QED) is 0.746. The minimum atomic E-state index is 0.0784. The van der Waals surface area contributed by atoms with Crippen molar-refractivity contribution in [2.24, 2.45) is 0 Å². The van der Waals surface area contributed by atoms with Crippen LogP contribution in [0.4, 0.5) is 0 Å². The van der Waals surface area contributed by atoms with Crippen LogP contribution < -0.4 is 4.74 Å². The largest absolute Gasteiger partial charge is 0.489 e. The third kappa shape index (κ3) is 4.22. The van der Waals surface area contributed by atoms with Gasteiger partial charge in [-0.3, -0.25) is 4.79 Å². The maximum Gasteiger partial charge on any atom is 0.253 e. The summed E-state index contributed by atoms with van der Waals surface area (Å²) in [5.74, 6) is 0.749. The second kappa shape index (κ2) is 7.91. The van der Waals surface area contributed by atoms with Gasteiger partial charge >= 0.3 is 0 Å². The highest BCUT2D eigenvalue weighted by Crippen LogP contribution is 2.24. The number of benzene rings is 2. The molecule has 3 nitrogen and oxygen atoms in total. The summed E-state index contributed by atoms with van der Waals surface area (Å²) in [6, 6.07) is 12.7. The lowest BCUT2D eigenvalue weighted by molar-refractivity contribution is 0.0724. The maximum atomic E-state index is 12.5. The van der Waals surface area contributed by atoms with Crippen molar-refractivity contribution in [1.29, 1.82) is 0 Å². The van der Waals surface area contributed by atoms with Crippen LogP contribution in [0, 0.1) is 0 Å². The molecular weight excluding hydrogens is 345 g/mol. The molecule has 0 bridgehead atoms. The van der Waals surface area contributed by atoms with Crippen molar-refractivity contribution in [2.45, 2.75) is 25.9 Å². The Balaban J connectivity index is 1.66. The smallest absolute Gasteiger partial charge is 0.253 e. The number of hydrogen-bond acceptors (Lipinski definition) is 2. The zero-order valence-corrected chi connectivity index (χ0v) is 14.8. The first kappa shape index (κ1) is 17.1. The van der Waals surface area contributed by atoms with Crippen LogP contribution in [-0.4, -0.2) is 23.9 Å². The van der Waals surface area contributed by atoms with Crippen LogP contribution >= 0.6 is 23.2 Å². The van der Waals surface area contributed by atoms with Crippen molar-refractivity contribution in [3.8, 4) is 5.75 Å².